The summed E-state index contributed by atoms with van der Waals surface area (Å²) in [5.74, 6) is 0.989. The molecule has 3 aromatic rings. The molecule has 1 aliphatic heterocycles. The van der Waals surface area contributed by atoms with Crippen molar-refractivity contribution in [2.24, 2.45) is 0 Å². The van der Waals surface area contributed by atoms with Crippen molar-refractivity contribution < 1.29 is 4.42 Å². The van der Waals surface area contributed by atoms with Gasteiger partial charge in [-0.2, -0.15) is 5.26 Å². The van der Waals surface area contributed by atoms with Crippen molar-refractivity contribution in [1.29, 1.82) is 5.26 Å². The minimum absolute atomic E-state index is 0.280. The Kier molecular flexibility index (Phi) is 3.75. The van der Waals surface area contributed by atoms with E-state index in [1.807, 2.05) is 6.07 Å². The number of hydrogen-bond donors (Lipinski definition) is 1. The molecule has 0 amide bonds. The summed E-state index contributed by atoms with van der Waals surface area (Å²) in [4.78, 5) is 6.73. The van der Waals surface area contributed by atoms with Crippen LogP contribution in [0, 0.1) is 11.3 Å². The van der Waals surface area contributed by atoms with Crippen molar-refractivity contribution in [3.8, 4) is 6.07 Å². The Morgan fingerprint density at radius 2 is 2.21 bits per heavy atom. The second-order valence-electron chi connectivity index (χ2n) is 6.02. The highest BCUT2D eigenvalue weighted by Crippen LogP contribution is 2.33. The van der Waals surface area contributed by atoms with E-state index in [1.54, 1.807) is 12.3 Å². The number of halogens is 1. The summed E-state index contributed by atoms with van der Waals surface area (Å²) in [6.07, 6.45) is 2.69. The number of furan rings is 1. The summed E-state index contributed by atoms with van der Waals surface area (Å²) < 4.78 is 6.20. The van der Waals surface area contributed by atoms with Gasteiger partial charge in [0.1, 0.15) is 11.9 Å². The maximum atomic E-state index is 8.97. The van der Waals surface area contributed by atoms with Crippen LogP contribution in [0.1, 0.15) is 16.9 Å². The standard InChI is InChI=1S/C18H15BrN4O/c1-23-5-4-11-6-13(3-2-12(11)10-23)22-18-17(19)15-7-14(8-20)24-16(15)9-21-18/h2-3,6-7,9H,4-5,10H2,1H3,(H,21,22). The van der Waals surface area contributed by atoms with Gasteiger partial charge in [-0.05, 0) is 52.7 Å². The molecule has 5 nitrogen and oxygen atoms in total. The molecule has 2 aromatic heterocycles. The van der Waals surface area contributed by atoms with Crippen molar-refractivity contribution >= 4 is 38.4 Å². The third kappa shape index (κ3) is 2.66. The Morgan fingerprint density at radius 1 is 1.33 bits per heavy atom. The van der Waals surface area contributed by atoms with Crippen molar-refractivity contribution in [3.63, 3.8) is 0 Å². The lowest BCUT2D eigenvalue weighted by molar-refractivity contribution is 0.313. The van der Waals surface area contributed by atoms with E-state index in [2.05, 4.69) is 56.4 Å². The van der Waals surface area contributed by atoms with Gasteiger partial charge < -0.3 is 14.6 Å². The molecule has 0 spiro atoms. The van der Waals surface area contributed by atoms with Crippen LogP contribution in [-0.2, 0) is 13.0 Å². The molecule has 0 atom stereocenters. The van der Waals surface area contributed by atoms with Gasteiger partial charge in [0.25, 0.3) is 0 Å². The monoisotopic (exact) mass is 382 g/mol. The molecule has 4 rings (SSSR count). The Labute approximate surface area is 148 Å². The van der Waals surface area contributed by atoms with Crippen LogP contribution in [0.3, 0.4) is 0 Å². The van der Waals surface area contributed by atoms with E-state index in [0.717, 1.165) is 35.1 Å². The van der Waals surface area contributed by atoms with Gasteiger partial charge in [0.05, 0.1) is 10.7 Å². The molecule has 1 N–H and O–H groups in total. The number of benzene rings is 1. The molecule has 6 heteroatoms. The first-order chi connectivity index (χ1) is 11.6. The minimum Gasteiger partial charge on any atom is -0.444 e. The van der Waals surface area contributed by atoms with E-state index >= 15 is 0 Å². The molecule has 24 heavy (non-hydrogen) atoms. The fourth-order valence-electron chi connectivity index (χ4n) is 3.03. The smallest absolute Gasteiger partial charge is 0.204 e. The van der Waals surface area contributed by atoms with Gasteiger partial charge in [0.2, 0.25) is 5.76 Å². The van der Waals surface area contributed by atoms with Crippen LogP contribution >= 0.6 is 15.9 Å². The first-order valence-electron chi connectivity index (χ1n) is 7.69. The maximum Gasteiger partial charge on any atom is 0.204 e. The number of likely N-dealkylation sites (N-methyl/N-ethyl adjacent to an activating group) is 1. The number of hydrogen-bond acceptors (Lipinski definition) is 5. The number of nitrogens with one attached hydrogen (secondary N) is 1. The summed E-state index contributed by atoms with van der Waals surface area (Å²) in [6.45, 7) is 2.08. The van der Waals surface area contributed by atoms with Crippen molar-refractivity contribution in [2.75, 3.05) is 18.9 Å². The van der Waals surface area contributed by atoms with Gasteiger partial charge in [-0.25, -0.2) is 4.98 Å². The molecule has 0 bridgehead atoms. The van der Waals surface area contributed by atoms with Gasteiger partial charge in [-0.3, -0.25) is 0 Å². The Morgan fingerprint density at radius 3 is 3.04 bits per heavy atom. The Hall–Kier alpha value is -2.36. The molecular weight excluding hydrogens is 368 g/mol. The van der Waals surface area contributed by atoms with Crippen LogP contribution in [0.2, 0.25) is 0 Å². The molecule has 1 aliphatic rings. The van der Waals surface area contributed by atoms with Crippen LogP contribution < -0.4 is 5.32 Å². The highest BCUT2D eigenvalue weighted by atomic mass is 79.9. The quantitative estimate of drug-likeness (QED) is 0.719. The van der Waals surface area contributed by atoms with E-state index < -0.39 is 0 Å². The van der Waals surface area contributed by atoms with Crippen molar-refractivity contribution in [3.05, 3.63) is 51.8 Å². The summed E-state index contributed by atoms with van der Waals surface area (Å²) >= 11 is 3.56. The highest BCUT2D eigenvalue weighted by molar-refractivity contribution is 9.10. The third-order valence-electron chi connectivity index (χ3n) is 4.30. The fourth-order valence-corrected chi connectivity index (χ4v) is 3.54. The molecule has 0 unspecified atom stereocenters. The van der Waals surface area contributed by atoms with E-state index in [4.69, 9.17) is 9.68 Å². The fraction of sp³-hybridized carbons (Fsp3) is 0.222. The summed E-state index contributed by atoms with van der Waals surface area (Å²) in [7, 11) is 2.14. The Bertz CT molecular complexity index is 973. The minimum atomic E-state index is 0.280. The predicted molar refractivity (Wildman–Crippen MR) is 96.2 cm³/mol. The summed E-state index contributed by atoms with van der Waals surface area (Å²) in [5.41, 5.74) is 4.36. The second kappa shape index (κ2) is 5.93. The van der Waals surface area contributed by atoms with Crippen LogP contribution in [-0.4, -0.2) is 23.5 Å². The van der Waals surface area contributed by atoms with Gasteiger partial charge in [0.15, 0.2) is 5.58 Å². The van der Waals surface area contributed by atoms with Crippen LogP contribution in [0.4, 0.5) is 11.5 Å². The molecule has 120 valence electrons. The van der Waals surface area contributed by atoms with Crippen molar-refractivity contribution in [1.82, 2.24) is 9.88 Å². The van der Waals surface area contributed by atoms with Gasteiger partial charge in [-0.15, -0.1) is 0 Å². The highest BCUT2D eigenvalue weighted by Gasteiger charge is 2.15. The van der Waals surface area contributed by atoms with E-state index in [0.29, 0.717) is 11.4 Å². The van der Waals surface area contributed by atoms with E-state index in [-0.39, 0.29) is 5.76 Å². The lowest BCUT2D eigenvalue weighted by Gasteiger charge is -2.25. The zero-order chi connectivity index (χ0) is 16.7. The molecule has 1 aromatic carbocycles. The van der Waals surface area contributed by atoms with E-state index in [1.165, 1.54) is 11.1 Å². The lowest BCUT2D eigenvalue weighted by atomic mass is 9.99. The molecular formula is C18H15BrN4O. The SMILES string of the molecule is CN1CCc2cc(Nc3ncc4oc(C#N)cc4c3Br)ccc2C1. The van der Waals surface area contributed by atoms with Crippen LogP contribution in [0.15, 0.2) is 39.4 Å². The second-order valence-corrected chi connectivity index (χ2v) is 6.81. The zero-order valence-corrected chi connectivity index (χ0v) is 14.7. The predicted octanol–water partition coefficient (Wildman–Crippen LogP) is 4.19. The topological polar surface area (TPSA) is 65.1 Å². The number of nitriles is 1. The number of fused-ring (bicyclic) bond motifs is 2. The lowest BCUT2D eigenvalue weighted by Crippen LogP contribution is -2.26. The van der Waals surface area contributed by atoms with E-state index in [9.17, 15) is 0 Å². The van der Waals surface area contributed by atoms with Crippen LogP contribution in [0.5, 0.6) is 0 Å². The molecule has 0 fully saturated rings. The van der Waals surface area contributed by atoms with Gasteiger partial charge in [-0.1, -0.05) is 6.07 Å². The first kappa shape index (κ1) is 15.2. The Balaban J connectivity index is 1.67. The van der Waals surface area contributed by atoms with Crippen LogP contribution in [0.25, 0.3) is 11.0 Å². The number of nitrogens with zero attached hydrogens (tertiary/aromatic N) is 3. The third-order valence-corrected chi connectivity index (χ3v) is 5.10. The molecule has 0 saturated carbocycles. The number of aromatic nitrogens is 1. The number of anilines is 2. The molecule has 3 heterocycles. The van der Waals surface area contributed by atoms with Gasteiger partial charge >= 0.3 is 0 Å². The van der Waals surface area contributed by atoms with Gasteiger partial charge in [0, 0.05) is 30.2 Å². The normalized spacial score (nSPS) is 14.4. The first-order valence-corrected chi connectivity index (χ1v) is 8.49. The number of rotatable bonds is 2. The largest absolute Gasteiger partial charge is 0.444 e. The molecule has 0 saturated heterocycles. The van der Waals surface area contributed by atoms with Crippen molar-refractivity contribution in [2.45, 2.75) is 13.0 Å². The summed E-state index contributed by atoms with van der Waals surface area (Å²) in [5, 5.41) is 13.2. The maximum absolute atomic E-state index is 8.97. The average Bonchev–Trinajstić information content (AvgIpc) is 3.02. The number of pyridine rings is 1. The molecule has 0 radical (unpaired) electrons. The zero-order valence-electron chi connectivity index (χ0n) is 13.1. The average molecular weight is 383 g/mol. The summed E-state index contributed by atoms with van der Waals surface area (Å²) in [6, 6.07) is 10.2. The molecule has 0 aliphatic carbocycles.